The minimum Gasteiger partial charge on any atom is -0.464 e. The van der Waals surface area contributed by atoms with Gasteiger partial charge < -0.3 is 9.26 Å². The third-order valence-electron chi connectivity index (χ3n) is 4.40. The minimum atomic E-state index is -3.93. The van der Waals surface area contributed by atoms with Crippen LogP contribution in [0.2, 0.25) is 0 Å². The molecule has 0 unspecified atom stereocenters. The molecule has 0 fully saturated rings. The van der Waals surface area contributed by atoms with E-state index in [0.717, 1.165) is 19.3 Å². The second kappa shape index (κ2) is 12.9. The van der Waals surface area contributed by atoms with Crippen LogP contribution in [0.1, 0.15) is 45.4 Å². The van der Waals surface area contributed by atoms with Crippen LogP contribution in [0.4, 0.5) is 5.69 Å². The van der Waals surface area contributed by atoms with E-state index < -0.39 is 25.1 Å². The number of carbonyl (C=O) groups is 1. The van der Waals surface area contributed by atoms with Crippen molar-refractivity contribution in [3.63, 3.8) is 0 Å². The molecule has 0 aliphatic rings. The molecule has 0 aromatic heterocycles. The lowest BCUT2D eigenvalue weighted by Crippen LogP contribution is -2.18. The maximum absolute atomic E-state index is 13.4. The number of nitrogens with zero attached hydrogens (tertiary/aromatic N) is 1. The number of unbranched alkanes of at least 4 members (excludes halogenated alkanes) is 5. The summed E-state index contributed by atoms with van der Waals surface area (Å²) in [6, 6.07) is 14.0. The average molecular weight is 448 g/mol. The summed E-state index contributed by atoms with van der Waals surface area (Å²) in [6.07, 6.45) is 6.40. The van der Waals surface area contributed by atoms with Gasteiger partial charge in [-0.1, -0.05) is 51.2 Å². The topological polar surface area (TPSA) is 105 Å². The Bertz CT molecular complexity index is 871. The van der Waals surface area contributed by atoms with Crippen LogP contribution in [-0.4, -0.2) is 24.1 Å². The van der Waals surface area contributed by atoms with Crippen molar-refractivity contribution in [3.8, 4) is 5.75 Å². The fourth-order valence-corrected chi connectivity index (χ4v) is 4.23. The molecule has 167 valence electrons. The molecule has 0 saturated heterocycles. The van der Waals surface area contributed by atoms with Gasteiger partial charge in [0, 0.05) is 12.1 Å². The van der Waals surface area contributed by atoms with Gasteiger partial charge in [-0.2, -0.15) is 0 Å². The molecular formula is C22H27NO7P. The molecule has 31 heavy (non-hydrogen) atoms. The van der Waals surface area contributed by atoms with Gasteiger partial charge in [0.1, 0.15) is 5.75 Å². The average Bonchev–Trinajstić information content (AvgIpc) is 2.78. The van der Waals surface area contributed by atoms with Crippen molar-refractivity contribution < 1.29 is 28.1 Å². The Kier molecular flexibility index (Phi) is 10.2. The molecule has 0 bridgehead atoms. The SMILES string of the molecule is CCCCCCCCOC(=O)CO[P@](=O)(Oc1ccc([N+](=O)[O-])cc1)c1cc[c]cc1. The van der Waals surface area contributed by atoms with E-state index >= 15 is 0 Å². The van der Waals surface area contributed by atoms with Gasteiger partial charge in [-0.05, 0) is 36.8 Å². The lowest BCUT2D eigenvalue weighted by molar-refractivity contribution is -0.384. The number of benzene rings is 2. The highest BCUT2D eigenvalue weighted by Crippen LogP contribution is 2.47. The largest absolute Gasteiger partial charge is 0.464 e. The highest BCUT2D eigenvalue weighted by Gasteiger charge is 2.31. The molecule has 2 aromatic carbocycles. The number of hydrogen-bond donors (Lipinski definition) is 0. The highest BCUT2D eigenvalue weighted by atomic mass is 31.2. The minimum absolute atomic E-state index is 0.113. The quantitative estimate of drug-likeness (QED) is 0.128. The molecule has 0 N–H and O–H groups in total. The Balaban J connectivity index is 1.93. The maximum Gasteiger partial charge on any atom is 0.411 e. The third kappa shape index (κ3) is 8.52. The van der Waals surface area contributed by atoms with Gasteiger partial charge in [-0.3, -0.25) is 14.6 Å². The molecule has 1 atom stereocenters. The lowest BCUT2D eigenvalue weighted by Gasteiger charge is -2.19. The van der Waals surface area contributed by atoms with Crippen molar-refractivity contribution in [2.75, 3.05) is 13.2 Å². The van der Waals surface area contributed by atoms with E-state index in [1.807, 2.05) is 0 Å². The Morgan fingerprint density at radius 1 is 1.03 bits per heavy atom. The van der Waals surface area contributed by atoms with Gasteiger partial charge in [-0.25, -0.2) is 9.36 Å². The van der Waals surface area contributed by atoms with Crippen molar-refractivity contribution in [2.45, 2.75) is 45.4 Å². The number of rotatable bonds is 14. The number of nitro groups is 1. The smallest absolute Gasteiger partial charge is 0.411 e. The van der Waals surface area contributed by atoms with Crippen LogP contribution in [0.25, 0.3) is 0 Å². The zero-order valence-electron chi connectivity index (χ0n) is 17.5. The van der Waals surface area contributed by atoms with Gasteiger partial charge in [-0.15, -0.1) is 0 Å². The molecule has 2 rings (SSSR count). The van der Waals surface area contributed by atoms with Crippen LogP contribution >= 0.6 is 7.60 Å². The lowest BCUT2D eigenvalue weighted by atomic mass is 10.1. The van der Waals surface area contributed by atoms with Crippen molar-refractivity contribution in [3.05, 3.63) is 64.7 Å². The standard InChI is InChI=1S/C22H27NO7P/c1-2-3-4-5-6-10-17-28-22(24)18-29-31(27,21-11-8-7-9-12-21)30-20-15-13-19(14-16-20)23(25)26/h8-9,11-16H,2-6,10,17-18H2,1H3/t31-/m0/s1. The zero-order chi connectivity index (χ0) is 22.5. The Morgan fingerprint density at radius 3 is 2.32 bits per heavy atom. The summed E-state index contributed by atoms with van der Waals surface area (Å²) in [5.74, 6) is -0.522. The summed E-state index contributed by atoms with van der Waals surface area (Å²) in [4.78, 5) is 22.3. The normalized spacial score (nSPS) is 12.7. The summed E-state index contributed by atoms with van der Waals surface area (Å²) >= 11 is 0. The van der Waals surface area contributed by atoms with Gasteiger partial charge in [0.15, 0.2) is 6.61 Å². The molecule has 0 amide bonds. The van der Waals surface area contributed by atoms with Crippen molar-refractivity contribution in [1.82, 2.24) is 0 Å². The highest BCUT2D eigenvalue weighted by molar-refractivity contribution is 7.62. The first-order valence-corrected chi connectivity index (χ1v) is 11.8. The molecular weight excluding hydrogens is 421 g/mol. The summed E-state index contributed by atoms with van der Waals surface area (Å²) in [7, 11) is -3.93. The van der Waals surface area contributed by atoms with Crippen LogP contribution < -0.4 is 9.83 Å². The van der Waals surface area contributed by atoms with Crippen molar-refractivity contribution in [2.24, 2.45) is 0 Å². The van der Waals surface area contributed by atoms with E-state index in [2.05, 4.69) is 13.0 Å². The van der Waals surface area contributed by atoms with Gasteiger partial charge >= 0.3 is 13.6 Å². The van der Waals surface area contributed by atoms with E-state index in [1.54, 1.807) is 12.1 Å². The molecule has 0 spiro atoms. The van der Waals surface area contributed by atoms with Crippen LogP contribution in [0.5, 0.6) is 5.75 Å². The Hall–Kier alpha value is -2.70. The predicted molar refractivity (Wildman–Crippen MR) is 117 cm³/mol. The molecule has 0 heterocycles. The first kappa shape index (κ1) is 24.6. The van der Waals surface area contributed by atoms with Crippen LogP contribution in [-0.2, 0) is 18.6 Å². The summed E-state index contributed by atoms with van der Waals surface area (Å²) in [6.45, 7) is 1.89. The summed E-state index contributed by atoms with van der Waals surface area (Å²) in [5.41, 5.74) is -0.129. The number of hydrogen-bond acceptors (Lipinski definition) is 7. The number of esters is 1. The molecule has 0 aliphatic heterocycles. The molecule has 9 heteroatoms. The molecule has 1 radical (unpaired) electrons. The van der Waals surface area contributed by atoms with Crippen molar-refractivity contribution >= 4 is 24.6 Å². The summed E-state index contributed by atoms with van der Waals surface area (Å²) in [5, 5.41) is 11.0. The van der Waals surface area contributed by atoms with Crippen molar-refractivity contribution in [1.29, 1.82) is 0 Å². The first-order valence-electron chi connectivity index (χ1n) is 10.3. The number of non-ortho nitro benzene ring substituents is 1. The second-order valence-electron chi connectivity index (χ2n) is 6.86. The van der Waals surface area contributed by atoms with Gasteiger partial charge in [0.25, 0.3) is 5.69 Å². The van der Waals surface area contributed by atoms with E-state index in [1.165, 1.54) is 55.7 Å². The van der Waals surface area contributed by atoms with Crippen LogP contribution in [0.3, 0.4) is 0 Å². The summed E-state index contributed by atoms with van der Waals surface area (Å²) < 4.78 is 29.5. The van der Waals surface area contributed by atoms with Crippen LogP contribution in [0, 0.1) is 16.2 Å². The van der Waals surface area contributed by atoms with E-state index in [0.29, 0.717) is 0 Å². The molecule has 0 saturated carbocycles. The van der Waals surface area contributed by atoms with Crippen LogP contribution in [0.15, 0.2) is 48.5 Å². The third-order valence-corrected chi connectivity index (χ3v) is 6.25. The van der Waals surface area contributed by atoms with Gasteiger partial charge in [0.05, 0.1) is 16.8 Å². The number of carbonyl (C=O) groups excluding carboxylic acids is 1. The molecule has 0 aliphatic carbocycles. The van der Waals surface area contributed by atoms with E-state index in [9.17, 15) is 19.5 Å². The van der Waals surface area contributed by atoms with Gasteiger partial charge in [0.2, 0.25) is 0 Å². The number of nitro benzene ring substituents is 1. The first-order chi connectivity index (χ1) is 14.9. The number of ether oxygens (including phenoxy) is 1. The maximum atomic E-state index is 13.4. The Labute approximate surface area is 182 Å². The predicted octanol–water partition coefficient (Wildman–Crippen LogP) is 5.21. The van der Waals surface area contributed by atoms with E-state index in [-0.39, 0.29) is 23.3 Å². The second-order valence-corrected chi connectivity index (χ2v) is 8.81. The zero-order valence-corrected chi connectivity index (χ0v) is 18.4. The monoisotopic (exact) mass is 448 g/mol. The van der Waals surface area contributed by atoms with E-state index in [4.69, 9.17) is 13.8 Å². The fraction of sp³-hybridized carbons (Fsp3) is 0.409. The molecule has 8 nitrogen and oxygen atoms in total. The fourth-order valence-electron chi connectivity index (χ4n) is 2.73. The Morgan fingerprint density at radius 2 is 1.68 bits per heavy atom. The molecule has 2 aromatic rings.